The van der Waals surface area contributed by atoms with E-state index >= 15 is 0 Å². The SMILES string of the molecule is CCc1ccc(CO)cc1S(=O)(=O)NCc1ccc(Br)s1. The van der Waals surface area contributed by atoms with Crippen molar-refractivity contribution in [2.75, 3.05) is 0 Å². The third kappa shape index (κ3) is 4.14. The molecule has 0 bridgehead atoms. The van der Waals surface area contributed by atoms with Gasteiger partial charge in [0.25, 0.3) is 0 Å². The Morgan fingerprint density at radius 1 is 1.29 bits per heavy atom. The van der Waals surface area contributed by atoms with Crippen LogP contribution in [0.15, 0.2) is 39.0 Å². The number of halogens is 1. The number of aliphatic hydroxyl groups is 1. The highest BCUT2D eigenvalue weighted by atomic mass is 79.9. The Labute approximate surface area is 137 Å². The van der Waals surface area contributed by atoms with Crippen molar-refractivity contribution in [3.63, 3.8) is 0 Å². The highest BCUT2D eigenvalue weighted by molar-refractivity contribution is 9.11. The summed E-state index contributed by atoms with van der Waals surface area (Å²) in [6.07, 6.45) is 0.618. The van der Waals surface area contributed by atoms with Crippen molar-refractivity contribution in [3.8, 4) is 0 Å². The molecule has 21 heavy (non-hydrogen) atoms. The van der Waals surface area contributed by atoms with Gasteiger partial charge in [-0.15, -0.1) is 11.3 Å². The molecule has 114 valence electrons. The summed E-state index contributed by atoms with van der Waals surface area (Å²) in [6, 6.07) is 8.79. The number of hydrogen-bond acceptors (Lipinski definition) is 4. The first-order chi connectivity index (χ1) is 9.96. The quantitative estimate of drug-likeness (QED) is 0.797. The summed E-state index contributed by atoms with van der Waals surface area (Å²) in [5.74, 6) is 0. The van der Waals surface area contributed by atoms with Crippen molar-refractivity contribution in [2.45, 2.75) is 31.4 Å². The van der Waals surface area contributed by atoms with Crippen molar-refractivity contribution < 1.29 is 13.5 Å². The van der Waals surface area contributed by atoms with Crippen LogP contribution in [-0.4, -0.2) is 13.5 Å². The van der Waals surface area contributed by atoms with E-state index in [0.717, 1.165) is 14.2 Å². The number of aryl methyl sites for hydroxylation is 1. The van der Waals surface area contributed by atoms with Crippen molar-refractivity contribution >= 4 is 37.3 Å². The number of benzene rings is 1. The van der Waals surface area contributed by atoms with Crippen LogP contribution in [0.25, 0.3) is 0 Å². The Kier molecular flexibility index (Phi) is 5.56. The highest BCUT2D eigenvalue weighted by Crippen LogP contribution is 2.23. The maximum absolute atomic E-state index is 12.5. The molecule has 0 aliphatic rings. The van der Waals surface area contributed by atoms with Gasteiger partial charge in [0, 0.05) is 11.4 Å². The number of thiophene rings is 1. The summed E-state index contributed by atoms with van der Waals surface area (Å²) in [7, 11) is -3.59. The van der Waals surface area contributed by atoms with E-state index in [1.54, 1.807) is 12.1 Å². The van der Waals surface area contributed by atoms with Crippen molar-refractivity contribution in [1.82, 2.24) is 4.72 Å². The molecule has 0 saturated heterocycles. The van der Waals surface area contributed by atoms with Crippen LogP contribution in [0.4, 0.5) is 0 Å². The first kappa shape index (κ1) is 16.6. The Balaban J connectivity index is 2.26. The number of sulfonamides is 1. The van der Waals surface area contributed by atoms with E-state index in [9.17, 15) is 13.5 Å². The van der Waals surface area contributed by atoms with Crippen LogP contribution in [0.2, 0.25) is 0 Å². The molecule has 1 heterocycles. The molecular formula is C14H16BrNO3S2. The Bertz CT molecular complexity index is 726. The second-order valence-electron chi connectivity index (χ2n) is 4.48. The molecule has 0 unspecified atom stereocenters. The number of nitrogens with one attached hydrogen (secondary N) is 1. The fourth-order valence-electron chi connectivity index (χ4n) is 1.93. The molecule has 2 rings (SSSR count). The second-order valence-corrected chi connectivity index (χ2v) is 8.77. The molecule has 1 aromatic carbocycles. The molecule has 2 N–H and O–H groups in total. The van der Waals surface area contributed by atoms with Crippen molar-refractivity contribution in [2.24, 2.45) is 0 Å². The average Bonchev–Trinajstić information content (AvgIpc) is 2.90. The molecule has 0 atom stereocenters. The molecule has 0 aliphatic heterocycles. The molecule has 4 nitrogen and oxygen atoms in total. The second kappa shape index (κ2) is 7.02. The summed E-state index contributed by atoms with van der Waals surface area (Å²) in [6.45, 7) is 1.98. The highest BCUT2D eigenvalue weighted by Gasteiger charge is 2.18. The van der Waals surface area contributed by atoms with E-state index in [1.807, 2.05) is 19.1 Å². The minimum atomic E-state index is -3.59. The fourth-order valence-corrected chi connectivity index (χ4v) is 4.81. The third-order valence-corrected chi connectivity index (χ3v) is 6.16. The zero-order valence-electron chi connectivity index (χ0n) is 11.5. The summed E-state index contributed by atoms with van der Waals surface area (Å²) >= 11 is 4.84. The van der Waals surface area contributed by atoms with Crippen LogP contribution >= 0.6 is 27.3 Å². The van der Waals surface area contributed by atoms with Gasteiger partial charge in [-0.05, 0) is 51.7 Å². The van der Waals surface area contributed by atoms with Gasteiger partial charge >= 0.3 is 0 Å². The number of aliphatic hydroxyl groups excluding tert-OH is 1. The van der Waals surface area contributed by atoms with Crippen LogP contribution in [0.3, 0.4) is 0 Å². The van der Waals surface area contributed by atoms with Crippen LogP contribution in [0.5, 0.6) is 0 Å². The minimum absolute atomic E-state index is 0.176. The molecule has 7 heteroatoms. The van der Waals surface area contributed by atoms with E-state index in [4.69, 9.17) is 0 Å². The van der Waals surface area contributed by atoms with Crippen LogP contribution < -0.4 is 4.72 Å². The molecule has 0 aliphatic carbocycles. The maximum atomic E-state index is 12.5. The lowest BCUT2D eigenvalue weighted by Gasteiger charge is -2.11. The molecule has 0 amide bonds. The normalized spacial score (nSPS) is 11.8. The topological polar surface area (TPSA) is 66.4 Å². The molecule has 0 saturated carbocycles. The third-order valence-electron chi connectivity index (χ3n) is 3.05. The first-order valence-electron chi connectivity index (χ1n) is 6.43. The summed E-state index contributed by atoms with van der Waals surface area (Å²) in [4.78, 5) is 1.17. The van der Waals surface area contributed by atoms with Gasteiger partial charge in [0.2, 0.25) is 10.0 Å². The predicted molar refractivity (Wildman–Crippen MR) is 87.8 cm³/mol. The van der Waals surface area contributed by atoms with Gasteiger partial charge in [0.1, 0.15) is 0 Å². The minimum Gasteiger partial charge on any atom is -0.392 e. The molecule has 0 fully saturated rings. The molecule has 0 radical (unpaired) electrons. The van der Waals surface area contributed by atoms with Gasteiger partial charge < -0.3 is 5.11 Å². The Morgan fingerprint density at radius 2 is 2.05 bits per heavy atom. The zero-order chi connectivity index (χ0) is 15.5. The fraction of sp³-hybridized carbons (Fsp3) is 0.286. The van der Waals surface area contributed by atoms with E-state index in [0.29, 0.717) is 12.0 Å². The largest absolute Gasteiger partial charge is 0.392 e. The van der Waals surface area contributed by atoms with E-state index in [1.165, 1.54) is 17.4 Å². The first-order valence-corrected chi connectivity index (χ1v) is 9.52. The lowest BCUT2D eigenvalue weighted by atomic mass is 10.1. The van der Waals surface area contributed by atoms with Gasteiger partial charge in [-0.3, -0.25) is 0 Å². The molecular weight excluding hydrogens is 374 g/mol. The summed E-state index contributed by atoms with van der Waals surface area (Å²) in [5, 5.41) is 9.18. The van der Waals surface area contributed by atoms with Gasteiger partial charge in [-0.2, -0.15) is 0 Å². The summed E-state index contributed by atoms with van der Waals surface area (Å²) < 4.78 is 28.5. The van der Waals surface area contributed by atoms with Crippen molar-refractivity contribution in [1.29, 1.82) is 0 Å². The Morgan fingerprint density at radius 3 is 2.62 bits per heavy atom. The van der Waals surface area contributed by atoms with Gasteiger partial charge in [-0.25, -0.2) is 13.1 Å². The molecule has 1 aromatic heterocycles. The van der Waals surface area contributed by atoms with Crippen molar-refractivity contribution in [3.05, 3.63) is 50.1 Å². The van der Waals surface area contributed by atoms with Crippen LogP contribution in [0.1, 0.15) is 22.9 Å². The zero-order valence-corrected chi connectivity index (χ0v) is 14.7. The van der Waals surface area contributed by atoms with Gasteiger partial charge in [-0.1, -0.05) is 19.1 Å². The summed E-state index contributed by atoms with van der Waals surface area (Å²) in [5.41, 5.74) is 1.33. The van der Waals surface area contributed by atoms with Crippen LogP contribution in [0, 0.1) is 0 Å². The average molecular weight is 390 g/mol. The van der Waals surface area contributed by atoms with E-state index in [2.05, 4.69) is 20.7 Å². The lowest BCUT2D eigenvalue weighted by molar-refractivity contribution is 0.281. The van der Waals surface area contributed by atoms with Gasteiger partial charge in [0.05, 0.1) is 15.3 Å². The number of rotatable bonds is 6. The standard InChI is InChI=1S/C14H16BrNO3S2/c1-2-11-4-3-10(9-17)7-13(11)21(18,19)16-8-12-5-6-14(15)20-12/h3-7,16-17H,2,8-9H2,1H3. The monoisotopic (exact) mass is 389 g/mol. The molecule has 0 spiro atoms. The number of hydrogen-bond donors (Lipinski definition) is 2. The maximum Gasteiger partial charge on any atom is 0.241 e. The van der Waals surface area contributed by atoms with Gasteiger partial charge in [0.15, 0.2) is 0 Å². The molecule has 2 aromatic rings. The van der Waals surface area contributed by atoms with Crippen LogP contribution in [-0.2, 0) is 29.6 Å². The van der Waals surface area contributed by atoms with E-state index in [-0.39, 0.29) is 18.0 Å². The lowest BCUT2D eigenvalue weighted by Crippen LogP contribution is -2.24. The predicted octanol–water partition coefficient (Wildman–Crippen LogP) is 3.04. The smallest absolute Gasteiger partial charge is 0.241 e. The Hall–Kier alpha value is -0.730. The van der Waals surface area contributed by atoms with E-state index < -0.39 is 10.0 Å².